The Morgan fingerprint density at radius 3 is 1.97 bits per heavy atom. The van der Waals surface area contributed by atoms with Gasteiger partial charge in [-0.1, -0.05) is 53.7 Å². The summed E-state index contributed by atoms with van der Waals surface area (Å²) in [6.07, 6.45) is 1.07. The Kier molecular flexibility index (Phi) is 8.61. The number of methoxy groups -OCH3 is 1. The van der Waals surface area contributed by atoms with Crippen molar-refractivity contribution in [1.29, 1.82) is 0 Å². The number of carbonyl (C=O) groups is 1. The van der Waals surface area contributed by atoms with E-state index in [1.807, 2.05) is 24.3 Å². The minimum absolute atomic E-state index is 0.0131. The third-order valence-electron chi connectivity index (χ3n) is 6.31. The fourth-order valence-electron chi connectivity index (χ4n) is 4.77. The van der Waals surface area contributed by atoms with Crippen molar-refractivity contribution >= 4 is 20.0 Å². The molecule has 0 atom stereocenters. The lowest BCUT2D eigenvalue weighted by molar-refractivity contribution is -0.385. The van der Waals surface area contributed by atoms with Crippen LogP contribution in [0.1, 0.15) is 63.0 Å². The Balaban J connectivity index is 2.20. The van der Waals surface area contributed by atoms with E-state index in [2.05, 4.69) is 41.5 Å². The first-order valence-corrected chi connectivity index (χ1v) is 13.3. The largest absolute Gasteiger partial charge is 0.543 e. The molecule has 0 unspecified atom stereocenters. The van der Waals surface area contributed by atoms with Gasteiger partial charge in [0.25, 0.3) is 14.0 Å². The van der Waals surface area contributed by atoms with Crippen LogP contribution in [0, 0.1) is 10.1 Å². The van der Waals surface area contributed by atoms with Gasteiger partial charge in [-0.15, -0.1) is 0 Å². The molecular weight excluding hydrogens is 422 g/mol. The molecule has 0 aliphatic rings. The number of esters is 1. The number of nitrogens with zero attached hydrogens (tertiary/aromatic N) is 1. The highest BCUT2D eigenvalue weighted by atomic mass is 28.4. The van der Waals surface area contributed by atoms with Gasteiger partial charge < -0.3 is 9.16 Å². The van der Waals surface area contributed by atoms with Gasteiger partial charge in [0.1, 0.15) is 5.75 Å². The van der Waals surface area contributed by atoms with Crippen molar-refractivity contribution in [3.05, 3.63) is 69.3 Å². The highest BCUT2D eigenvalue weighted by molar-refractivity contribution is 6.78. The van der Waals surface area contributed by atoms with Crippen LogP contribution in [0.5, 0.6) is 5.75 Å². The standard InChI is InChI=1S/C25H35NO5Si/c1-17(2)32(18(3)4,19(5)6)31-23-13-9-20(10-14-23)8-11-21-16-22(25(27)30-7)12-15-24(21)26(28)29/h9-10,12-19H,8,11H2,1-7H3. The van der Waals surface area contributed by atoms with Crippen LogP contribution in [0.15, 0.2) is 42.5 Å². The predicted octanol–water partition coefficient (Wildman–Crippen LogP) is 6.72. The summed E-state index contributed by atoms with van der Waals surface area (Å²) in [4.78, 5) is 22.8. The number of hydrogen-bond donors (Lipinski definition) is 0. The minimum atomic E-state index is -2.02. The van der Waals surface area contributed by atoms with E-state index < -0.39 is 19.2 Å². The van der Waals surface area contributed by atoms with Crippen molar-refractivity contribution in [3.63, 3.8) is 0 Å². The van der Waals surface area contributed by atoms with Gasteiger partial charge in [-0.25, -0.2) is 4.79 Å². The van der Waals surface area contributed by atoms with Gasteiger partial charge in [0.2, 0.25) is 0 Å². The first kappa shape index (κ1) is 25.6. The van der Waals surface area contributed by atoms with Crippen molar-refractivity contribution in [3.8, 4) is 5.75 Å². The molecule has 0 bridgehead atoms. The second-order valence-corrected chi connectivity index (χ2v) is 14.5. The highest BCUT2D eigenvalue weighted by Crippen LogP contribution is 2.42. The molecule has 0 heterocycles. The van der Waals surface area contributed by atoms with Gasteiger partial charge in [-0.05, 0) is 59.3 Å². The van der Waals surface area contributed by atoms with E-state index in [9.17, 15) is 14.9 Å². The molecule has 174 valence electrons. The third-order valence-corrected chi connectivity index (χ3v) is 12.3. The highest BCUT2D eigenvalue weighted by Gasteiger charge is 2.46. The van der Waals surface area contributed by atoms with Gasteiger partial charge in [0.15, 0.2) is 0 Å². The van der Waals surface area contributed by atoms with Gasteiger partial charge in [0, 0.05) is 11.6 Å². The van der Waals surface area contributed by atoms with Gasteiger partial charge in [-0.2, -0.15) is 0 Å². The van der Waals surface area contributed by atoms with E-state index in [1.165, 1.54) is 19.2 Å². The Morgan fingerprint density at radius 1 is 0.938 bits per heavy atom. The van der Waals surface area contributed by atoms with Crippen molar-refractivity contribution in [2.24, 2.45) is 0 Å². The third kappa shape index (κ3) is 5.57. The Labute approximate surface area is 192 Å². The monoisotopic (exact) mass is 457 g/mol. The Morgan fingerprint density at radius 2 is 1.50 bits per heavy atom. The van der Waals surface area contributed by atoms with E-state index in [0.717, 1.165) is 11.3 Å². The van der Waals surface area contributed by atoms with Crippen LogP contribution in [-0.4, -0.2) is 26.3 Å². The molecule has 0 radical (unpaired) electrons. The number of benzene rings is 2. The smallest absolute Gasteiger partial charge is 0.337 e. The topological polar surface area (TPSA) is 78.7 Å². The Bertz CT molecular complexity index is 916. The molecule has 0 aliphatic heterocycles. The zero-order valence-corrected chi connectivity index (χ0v) is 21.2. The zero-order valence-electron chi connectivity index (χ0n) is 20.2. The van der Waals surface area contributed by atoms with Crippen molar-refractivity contribution in [1.82, 2.24) is 0 Å². The summed E-state index contributed by atoms with van der Waals surface area (Å²) in [6, 6.07) is 12.4. The lowest BCUT2D eigenvalue weighted by Crippen LogP contribution is -2.50. The van der Waals surface area contributed by atoms with Crippen LogP contribution < -0.4 is 4.43 Å². The molecule has 0 saturated heterocycles. The number of hydrogen-bond acceptors (Lipinski definition) is 5. The van der Waals surface area contributed by atoms with Crippen molar-refractivity contribution in [2.45, 2.75) is 71.0 Å². The molecule has 0 aromatic heterocycles. The summed E-state index contributed by atoms with van der Waals surface area (Å²) in [7, 11) is -0.722. The lowest BCUT2D eigenvalue weighted by Gasteiger charge is -2.42. The molecule has 2 aromatic carbocycles. The second kappa shape index (κ2) is 10.8. The molecule has 0 saturated carbocycles. The van der Waals surface area contributed by atoms with Gasteiger partial charge >= 0.3 is 5.97 Å². The molecule has 0 fully saturated rings. The van der Waals surface area contributed by atoms with E-state index in [-0.39, 0.29) is 5.69 Å². The average molecular weight is 458 g/mol. The van der Waals surface area contributed by atoms with Crippen LogP contribution >= 0.6 is 0 Å². The number of nitro benzene ring substituents is 1. The fraction of sp³-hybridized carbons (Fsp3) is 0.480. The first-order chi connectivity index (χ1) is 15.0. The lowest BCUT2D eigenvalue weighted by atomic mass is 10.0. The van der Waals surface area contributed by atoms with Crippen LogP contribution in [0.25, 0.3) is 0 Å². The zero-order chi connectivity index (χ0) is 24.1. The molecule has 0 N–H and O–H groups in total. The molecule has 2 rings (SSSR count). The number of ether oxygens (including phenoxy) is 1. The van der Waals surface area contributed by atoms with Crippen LogP contribution in [-0.2, 0) is 17.6 Å². The number of aryl methyl sites for hydroxylation is 2. The van der Waals surface area contributed by atoms with E-state index >= 15 is 0 Å². The van der Waals surface area contributed by atoms with Gasteiger partial charge in [-0.3, -0.25) is 10.1 Å². The normalized spacial score (nSPS) is 11.8. The van der Waals surface area contributed by atoms with Crippen molar-refractivity contribution < 1.29 is 18.9 Å². The summed E-state index contributed by atoms with van der Waals surface area (Å²) >= 11 is 0. The molecule has 32 heavy (non-hydrogen) atoms. The average Bonchev–Trinajstić information content (AvgIpc) is 2.75. The second-order valence-electron chi connectivity index (χ2n) is 9.16. The number of carbonyl (C=O) groups excluding carboxylic acids is 1. The summed E-state index contributed by atoms with van der Waals surface area (Å²) in [5, 5.41) is 11.4. The van der Waals surface area contributed by atoms with Crippen molar-refractivity contribution in [2.75, 3.05) is 7.11 Å². The molecular formula is C25H35NO5Si. The fourth-order valence-corrected chi connectivity index (χ4v) is 10.0. The SMILES string of the molecule is COC(=O)c1ccc([N+](=O)[O-])c(CCc2ccc(O[Si](C(C)C)(C(C)C)C(C)C)cc2)c1. The molecule has 7 heteroatoms. The Hall–Kier alpha value is -2.67. The van der Waals surface area contributed by atoms with E-state index in [4.69, 9.17) is 9.16 Å². The molecule has 0 spiro atoms. The maximum absolute atomic E-state index is 11.8. The minimum Gasteiger partial charge on any atom is -0.543 e. The summed E-state index contributed by atoms with van der Waals surface area (Å²) < 4.78 is 11.4. The maximum atomic E-state index is 11.8. The maximum Gasteiger partial charge on any atom is 0.337 e. The number of rotatable bonds is 10. The van der Waals surface area contributed by atoms with Crippen LogP contribution in [0.3, 0.4) is 0 Å². The van der Waals surface area contributed by atoms with Gasteiger partial charge in [0.05, 0.1) is 17.6 Å². The summed E-state index contributed by atoms with van der Waals surface area (Å²) in [5.41, 5.74) is 3.37. The summed E-state index contributed by atoms with van der Waals surface area (Å²) in [5.74, 6) is 0.381. The van der Waals surface area contributed by atoms with Crippen LogP contribution in [0.4, 0.5) is 5.69 Å². The first-order valence-electron chi connectivity index (χ1n) is 11.2. The molecule has 6 nitrogen and oxygen atoms in total. The van der Waals surface area contributed by atoms with Crippen LogP contribution in [0.2, 0.25) is 16.6 Å². The molecule has 0 amide bonds. The predicted molar refractivity (Wildman–Crippen MR) is 130 cm³/mol. The van der Waals surface area contributed by atoms with E-state index in [1.54, 1.807) is 6.07 Å². The van der Waals surface area contributed by atoms with E-state index in [0.29, 0.717) is 40.6 Å². The summed E-state index contributed by atoms with van der Waals surface area (Å²) in [6.45, 7) is 13.6. The molecule has 2 aromatic rings. The molecule has 0 aliphatic carbocycles. The quantitative estimate of drug-likeness (QED) is 0.171. The number of nitro groups is 1.